The molecule has 7 heteroatoms. The molecule has 4 N–H and O–H groups in total. The number of anilines is 1. The Morgan fingerprint density at radius 3 is 2.43 bits per heavy atom. The maximum Gasteiger partial charge on any atom is 0.245 e. The molecule has 1 aromatic rings. The molecule has 0 heterocycles. The summed E-state index contributed by atoms with van der Waals surface area (Å²) in [6.45, 7) is -0.122. The molecule has 1 aliphatic carbocycles. The second kappa shape index (κ2) is 6.29. The summed E-state index contributed by atoms with van der Waals surface area (Å²) in [5.41, 5.74) is 4.34. The summed E-state index contributed by atoms with van der Waals surface area (Å²) in [7, 11) is -4.08. The van der Waals surface area contributed by atoms with Gasteiger partial charge in [-0.1, -0.05) is 31.7 Å². The van der Waals surface area contributed by atoms with Crippen LogP contribution in [0.15, 0.2) is 23.1 Å². The topological polar surface area (TPSA) is 92.4 Å². The first-order valence-corrected chi connectivity index (χ1v) is 8.58. The fourth-order valence-electron chi connectivity index (χ4n) is 2.67. The Hall–Kier alpha value is -1.18. The molecule has 1 aromatic carbocycles. The first-order chi connectivity index (χ1) is 9.84. The van der Waals surface area contributed by atoms with Crippen LogP contribution in [0.5, 0.6) is 0 Å². The second-order valence-electron chi connectivity index (χ2n) is 5.62. The van der Waals surface area contributed by atoms with E-state index < -0.39 is 26.3 Å². The van der Waals surface area contributed by atoms with Gasteiger partial charge in [-0.05, 0) is 25.0 Å². The monoisotopic (exact) mass is 316 g/mol. The number of hydrogen-bond acceptors (Lipinski definition) is 4. The molecule has 1 aliphatic rings. The predicted molar refractivity (Wildman–Crippen MR) is 78.7 cm³/mol. The second-order valence-corrected chi connectivity index (χ2v) is 7.33. The van der Waals surface area contributed by atoms with Gasteiger partial charge in [0.05, 0.1) is 11.3 Å². The smallest absolute Gasteiger partial charge is 0.245 e. The zero-order valence-electron chi connectivity index (χ0n) is 11.8. The van der Waals surface area contributed by atoms with E-state index in [1.165, 1.54) is 12.1 Å². The molecule has 118 valence electrons. The van der Waals surface area contributed by atoms with E-state index in [0.29, 0.717) is 12.8 Å². The van der Waals surface area contributed by atoms with Crippen LogP contribution in [0.3, 0.4) is 0 Å². The van der Waals surface area contributed by atoms with Gasteiger partial charge in [0.1, 0.15) is 10.7 Å². The third-order valence-electron chi connectivity index (χ3n) is 3.89. The van der Waals surface area contributed by atoms with Gasteiger partial charge in [0, 0.05) is 6.54 Å². The van der Waals surface area contributed by atoms with Crippen molar-refractivity contribution in [2.75, 3.05) is 12.3 Å². The van der Waals surface area contributed by atoms with Crippen LogP contribution in [0.25, 0.3) is 0 Å². The number of nitrogens with two attached hydrogens (primary N) is 1. The van der Waals surface area contributed by atoms with Crippen molar-refractivity contribution in [1.29, 1.82) is 0 Å². The fourth-order valence-corrected chi connectivity index (χ4v) is 3.98. The number of hydrogen-bond donors (Lipinski definition) is 3. The van der Waals surface area contributed by atoms with Crippen LogP contribution in [-0.2, 0) is 10.0 Å². The van der Waals surface area contributed by atoms with Crippen molar-refractivity contribution in [3.8, 4) is 0 Å². The average Bonchev–Trinajstić information content (AvgIpc) is 2.62. The normalized spacial score (nSPS) is 19.1. The van der Waals surface area contributed by atoms with Gasteiger partial charge in [0.15, 0.2) is 0 Å². The molecule has 1 saturated carbocycles. The molecule has 21 heavy (non-hydrogen) atoms. The number of nitrogen functional groups attached to an aromatic ring is 1. The minimum absolute atomic E-state index is 0.122. The SMILES string of the molecule is Nc1cccc(F)c1S(=O)(=O)NCC1(O)CCCCCC1. The Morgan fingerprint density at radius 2 is 1.86 bits per heavy atom. The summed E-state index contributed by atoms with van der Waals surface area (Å²) in [6, 6.07) is 3.73. The average molecular weight is 316 g/mol. The van der Waals surface area contributed by atoms with Gasteiger partial charge in [-0.3, -0.25) is 0 Å². The highest BCUT2D eigenvalue weighted by atomic mass is 32.2. The summed E-state index contributed by atoms with van der Waals surface area (Å²) in [5.74, 6) is -0.893. The maximum absolute atomic E-state index is 13.7. The highest BCUT2D eigenvalue weighted by molar-refractivity contribution is 7.89. The zero-order chi connectivity index (χ0) is 15.5. The van der Waals surface area contributed by atoms with Crippen molar-refractivity contribution >= 4 is 15.7 Å². The largest absolute Gasteiger partial charge is 0.398 e. The molecule has 0 amide bonds. The van der Waals surface area contributed by atoms with Crippen LogP contribution in [0, 0.1) is 5.82 Å². The Kier molecular flexibility index (Phi) is 4.85. The maximum atomic E-state index is 13.7. The predicted octanol–water partition coefficient (Wildman–Crippen LogP) is 1.77. The number of halogens is 1. The Morgan fingerprint density at radius 1 is 1.24 bits per heavy atom. The van der Waals surface area contributed by atoms with E-state index in [2.05, 4.69) is 4.72 Å². The molecule has 0 bridgehead atoms. The first-order valence-electron chi connectivity index (χ1n) is 7.10. The highest BCUT2D eigenvalue weighted by Gasteiger charge is 2.31. The fraction of sp³-hybridized carbons (Fsp3) is 0.571. The van der Waals surface area contributed by atoms with E-state index in [9.17, 15) is 17.9 Å². The van der Waals surface area contributed by atoms with Gasteiger partial charge in [-0.2, -0.15) is 0 Å². The molecule has 2 rings (SSSR count). The Balaban J connectivity index is 2.14. The first kappa shape index (κ1) is 16.2. The molecule has 0 spiro atoms. The quantitative estimate of drug-likeness (QED) is 0.583. The minimum atomic E-state index is -4.08. The Labute approximate surface area is 124 Å². The third-order valence-corrected chi connectivity index (χ3v) is 5.38. The minimum Gasteiger partial charge on any atom is -0.398 e. The zero-order valence-corrected chi connectivity index (χ0v) is 12.6. The lowest BCUT2D eigenvalue weighted by atomic mass is 9.95. The van der Waals surface area contributed by atoms with Gasteiger partial charge in [0.25, 0.3) is 0 Å². The van der Waals surface area contributed by atoms with Crippen molar-refractivity contribution < 1.29 is 17.9 Å². The van der Waals surface area contributed by atoms with E-state index in [1.54, 1.807) is 0 Å². The molecule has 0 aliphatic heterocycles. The van der Waals surface area contributed by atoms with Crippen molar-refractivity contribution in [3.05, 3.63) is 24.0 Å². The number of benzene rings is 1. The van der Waals surface area contributed by atoms with E-state index >= 15 is 0 Å². The summed E-state index contributed by atoms with van der Waals surface area (Å²) in [6.07, 6.45) is 4.88. The van der Waals surface area contributed by atoms with Gasteiger partial charge >= 0.3 is 0 Å². The van der Waals surface area contributed by atoms with E-state index in [0.717, 1.165) is 31.7 Å². The van der Waals surface area contributed by atoms with E-state index in [4.69, 9.17) is 5.73 Å². The number of rotatable bonds is 4. The van der Waals surface area contributed by atoms with Crippen LogP contribution >= 0.6 is 0 Å². The summed E-state index contributed by atoms with van der Waals surface area (Å²) in [5, 5.41) is 10.4. The molecule has 1 fully saturated rings. The van der Waals surface area contributed by atoms with Crippen LogP contribution in [0.4, 0.5) is 10.1 Å². The van der Waals surface area contributed by atoms with E-state index in [1.807, 2.05) is 0 Å². The molecule has 0 aromatic heterocycles. The molecule has 0 unspecified atom stereocenters. The van der Waals surface area contributed by atoms with Gasteiger partial charge in [0.2, 0.25) is 10.0 Å². The molecular formula is C14H21FN2O3S. The van der Waals surface area contributed by atoms with Gasteiger partial charge < -0.3 is 10.8 Å². The summed E-state index contributed by atoms with van der Waals surface area (Å²) >= 11 is 0. The van der Waals surface area contributed by atoms with Crippen LogP contribution < -0.4 is 10.5 Å². The summed E-state index contributed by atoms with van der Waals surface area (Å²) in [4.78, 5) is -0.553. The van der Waals surface area contributed by atoms with Crippen molar-refractivity contribution in [3.63, 3.8) is 0 Å². The lowest BCUT2D eigenvalue weighted by molar-refractivity contribution is 0.0303. The van der Waals surface area contributed by atoms with Gasteiger partial charge in [-0.25, -0.2) is 17.5 Å². The molecule has 5 nitrogen and oxygen atoms in total. The number of aliphatic hydroxyl groups is 1. The summed E-state index contributed by atoms with van der Waals surface area (Å²) < 4.78 is 40.4. The third kappa shape index (κ3) is 3.93. The van der Waals surface area contributed by atoms with Crippen LogP contribution in [-0.4, -0.2) is 25.7 Å². The Bertz CT molecular complexity index is 576. The number of nitrogens with one attached hydrogen (secondary N) is 1. The molecule has 0 radical (unpaired) electrons. The lowest BCUT2D eigenvalue weighted by Crippen LogP contribution is -2.42. The lowest BCUT2D eigenvalue weighted by Gasteiger charge is -2.26. The standard InChI is InChI=1S/C14H21FN2O3S/c15-11-6-5-7-12(16)13(11)21(19,20)17-10-14(18)8-3-1-2-4-9-14/h5-7,17-18H,1-4,8-10,16H2. The van der Waals surface area contributed by atoms with Crippen LogP contribution in [0.2, 0.25) is 0 Å². The van der Waals surface area contributed by atoms with Gasteiger partial charge in [-0.15, -0.1) is 0 Å². The molecular weight excluding hydrogens is 295 g/mol. The van der Waals surface area contributed by atoms with Crippen molar-refractivity contribution in [2.45, 2.75) is 49.0 Å². The number of sulfonamides is 1. The molecule has 0 saturated heterocycles. The van der Waals surface area contributed by atoms with E-state index in [-0.39, 0.29) is 12.2 Å². The molecule has 0 atom stereocenters. The van der Waals surface area contributed by atoms with Crippen molar-refractivity contribution in [2.24, 2.45) is 0 Å². The van der Waals surface area contributed by atoms with Crippen LogP contribution in [0.1, 0.15) is 38.5 Å². The van der Waals surface area contributed by atoms with Crippen molar-refractivity contribution in [1.82, 2.24) is 4.72 Å². The highest BCUT2D eigenvalue weighted by Crippen LogP contribution is 2.27.